The first-order chi connectivity index (χ1) is 22.2. The molecule has 2 atom stereocenters. The molecule has 0 fully saturated rings. The predicted octanol–water partition coefficient (Wildman–Crippen LogP) is 11.8. The van der Waals surface area contributed by atoms with Crippen molar-refractivity contribution >= 4 is 5.91 Å². The molecule has 4 nitrogen and oxygen atoms in total. The van der Waals surface area contributed by atoms with Crippen LogP contribution in [0.1, 0.15) is 200 Å². The molecule has 0 aliphatic heterocycles. The van der Waals surface area contributed by atoms with Gasteiger partial charge in [0.15, 0.2) is 0 Å². The lowest BCUT2D eigenvalue weighted by atomic mass is 10.0. The molecule has 0 aromatic carbocycles. The number of allylic oxidation sites excluding steroid dienone is 5. The first kappa shape index (κ1) is 43.6. The number of unbranched alkanes of at least 4 members (excludes halogenated alkanes) is 24. The Kier molecular flexibility index (Phi) is 35.9. The van der Waals surface area contributed by atoms with Crippen LogP contribution in [0.25, 0.3) is 0 Å². The van der Waals surface area contributed by atoms with Crippen molar-refractivity contribution in [1.82, 2.24) is 5.32 Å². The van der Waals surface area contributed by atoms with E-state index in [2.05, 4.69) is 43.5 Å². The highest BCUT2D eigenvalue weighted by atomic mass is 16.3. The first-order valence-electron chi connectivity index (χ1n) is 19.7. The minimum atomic E-state index is -0.843. The molecule has 0 aromatic heterocycles. The maximum Gasteiger partial charge on any atom is 0.220 e. The topological polar surface area (TPSA) is 69.6 Å². The molecule has 0 saturated heterocycles. The number of carbonyl (C=O) groups excluding carboxylic acids is 1. The van der Waals surface area contributed by atoms with Crippen LogP contribution >= 0.6 is 0 Å². The van der Waals surface area contributed by atoms with Crippen LogP contribution in [0.4, 0.5) is 0 Å². The summed E-state index contributed by atoms with van der Waals surface area (Å²) in [7, 11) is 0. The standard InChI is InChI=1S/C41H77NO3/c1-3-5-7-9-11-13-15-17-19-20-21-23-24-26-28-30-32-34-36-40(44)39(38-43)42-41(45)37-35-33-31-29-27-25-22-18-16-14-12-10-8-6-4-2/h12,14,18,22,34,36,39-40,43-44H,3-11,13,15-17,19-21,23-33,35,37-38H2,1-2H3,(H,42,45)/b14-12-,22-18-,36-34+. The van der Waals surface area contributed by atoms with Crippen LogP contribution in [0.5, 0.6) is 0 Å². The van der Waals surface area contributed by atoms with Crippen LogP contribution in [-0.4, -0.2) is 34.9 Å². The molecule has 2 unspecified atom stereocenters. The van der Waals surface area contributed by atoms with Crippen molar-refractivity contribution in [3.8, 4) is 0 Å². The third kappa shape index (κ3) is 33.8. The van der Waals surface area contributed by atoms with Gasteiger partial charge in [-0.15, -0.1) is 0 Å². The highest BCUT2D eigenvalue weighted by Gasteiger charge is 2.17. The van der Waals surface area contributed by atoms with Crippen molar-refractivity contribution < 1.29 is 15.0 Å². The van der Waals surface area contributed by atoms with Crippen LogP contribution in [0, 0.1) is 0 Å². The van der Waals surface area contributed by atoms with Gasteiger partial charge < -0.3 is 15.5 Å². The summed E-state index contributed by atoms with van der Waals surface area (Å²) in [5.41, 5.74) is 0. The fourth-order valence-corrected chi connectivity index (χ4v) is 5.80. The van der Waals surface area contributed by atoms with E-state index in [-0.39, 0.29) is 12.5 Å². The van der Waals surface area contributed by atoms with E-state index in [0.29, 0.717) is 6.42 Å². The zero-order valence-corrected chi connectivity index (χ0v) is 30.1. The van der Waals surface area contributed by atoms with E-state index in [0.717, 1.165) is 44.9 Å². The van der Waals surface area contributed by atoms with Crippen LogP contribution < -0.4 is 5.32 Å². The van der Waals surface area contributed by atoms with Crippen LogP contribution in [-0.2, 0) is 4.79 Å². The fraction of sp³-hybridized carbons (Fsp3) is 0.829. The van der Waals surface area contributed by atoms with E-state index >= 15 is 0 Å². The molecule has 0 radical (unpaired) electrons. The van der Waals surface area contributed by atoms with E-state index in [9.17, 15) is 15.0 Å². The number of nitrogens with one attached hydrogen (secondary N) is 1. The number of hydrogen-bond donors (Lipinski definition) is 3. The molecule has 0 rings (SSSR count). The molecule has 0 aromatic rings. The number of carbonyl (C=O) groups is 1. The van der Waals surface area contributed by atoms with E-state index in [1.807, 2.05) is 6.08 Å². The van der Waals surface area contributed by atoms with Crippen molar-refractivity contribution in [2.45, 2.75) is 212 Å². The SMILES string of the molecule is CCCCC/C=C\C/C=C\CCCCCCCC(=O)NC(CO)C(O)/C=C/CCCCCCCCCCCCCCCCCC. The Morgan fingerprint density at radius 1 is 0.533 bits per heavy atom. The second-order valence-electron chi connectivity index (χ2n) is 13.3. The minimum Gasteiger partial charge on any atom is -0.394 e. The maximum atomic E-state index is 12.3. The molecule has 0 aliphatic rings. The lowest BCUT2D eigenvalue weighted by Crippen LogP contribution is -2.45. The highest BCUT2D eigenvalue weighted by Crippen LogP contribution is 2.14. The van der Waals surface area contributed by atoms with Crippen molar-refractivity contribution in [1.29, 1.82) is 0 Å². The maximum absolute atomic E-state index is 12.3. The van der Waals surface area contributed by atoms with Crippen molar-refractivity contribution in [2.24, 2.45) is 0 Å². The van der Waals surface area contributed by atoms with Crippen molar-refractivity contribution in [3.63, 3.8) is 0 Å². The van der Waals surface area contributed by atoms with Gasteiger partial charge in [-0.25, -0.2) is 0 Å². The van der Waals surface area contributed by atoms with Crippen LogP contribution in [0.3, 0.4) is 0 Å². The monoisotopic (exact) mass is 632 g/mol. The van der Waals surface area contributed by atoms with Gasteiger partial charge in [-0.3, -0.25) is 4.79 Å². The van der Waals surface area contributed by atoms with Crippen LogP contribution in [0.15, 0.2) is 36.5 Å². The summed E-state index contributed by atoms with van der Waals surface area (Å²) < 4.78 is 0. The highest BCUT2D eigenvalue weighted by molar-refractivity contribution is 5.76. The van der Waals surface area contributed by atoms with Gasteiger partial charge >= 0.3 is 0 Å². The molecule has 0 heterocycles. The van der Waals surface area contributed by atoms with Gasteiger partial charge in [-0.1, -0.05) is 179 Å². The second-order valence-corrected chi connectivity index (χ2v) is 13.3. The average Bonchev–Trinajstić information content (AvgIpc) is 3.04. The summed E-state index contributed by atoms with van der Waals surface area (Å²) in [5, 5.41) is 22.9. The Labute approximate surface area is 281 Å². The lowest BCUT2D eigenvalue weighted by Gasteiger charge is -2.20. The molecule has 0 spiro atoms. The Bertz CT molecular complexity index is 686. The Morgan fingerprint density at radius 3 is 1.38 bits per heavy atom. The van der Waals surface area contributed by atoms with Gasteiger partial charge in [0.05, 0.1) is 18.8 Å². The molecule has 264 valence electrons. The summed E-state index contributed by atoms with van der Waals surface area (Å²) in [6, 6.07) is -0.627. The van der Waals surface area contributed by atoms with Gasteiger partial charge in [0.25, 0.3) is 0 Å². The molecule has 3 N–H and O–H groups in total. The summed E-state index contributed by atoms with van der Waals surface area (Å²) in [6.45, 7) is 4.27. The number of rotatable bonds is 35. The third-order valence-corrected chi connectivity index (χ3v) is 8.87. The van der Waals surface area contributed by atoms with Crippen molar-refractivity contribution in [2.75, 3.05) is 6.61 Å². The Hall–Kier alpha value is -1.39. The largest absolute Gasteiger partial charge is 0.394 e. The number of aliphatic hydroxyl groups excluding tert-OH is 2. The Morgan fingerprint density at radius 2 is 0.911 bits per heavy atom. The molecule has 4 heteroatoms. The zero-order chi connectivity index (χ0) is 32.9. The minimum absolute atomic E-state index is 0.0787. The summed E-state index contributed by atoms with van der Waals surface area (Å²) >= 11 is 0. The number of aliphatic hydroxyl groups is 2. The van der Waals surface area contributed by atoms with Gasteiger partial charge in [0.2, 0.25) is 5.91 Å². The van der Waals surface area contributed by atoms with E-state index < -0.39 is 12.1 Å². The predicted molar refractivity (Wildman–Crippen MR) is 198 cm³/mol. The van der Waals surface area contributed by atoms with E-state index in [4.69, 9.17) is 0 Å². The molecule has 0 bridgehead atoms. The van der Waals surface area contributed by atoms with Gasteiger partial charge in [-0.05, 0) is 51.4 Å². The van der Waals surface area contributed by atoms with Gasteiger partial charge in [0, 0.05) is 6.42 Å². The van der Waals surface area contributed by atoms with Gasteiger partial charge in [0.1, 0.15) is 0 Å². The summed E-state index contributed by atoms with van der Waals surface area (Å²) in [6.07, 6.45) is 48.0. The second kappa shape index (κ2) is 37.1. The summed E-state index contributed by atoms with van der Waals surface area (Å²) in [5.74, 6) is -0.0787. The molecular weight excluding hydrogens is 554 g/mol. The Balaban J connectivity index is 3.63. The number of amides is 1. The smallest absolute Gasteiger partial charge is 0.220 e. The van der Waals surface area contributed by atoms with E-state index in [1.54, 1.807) is 6.08 Å². The molecule has 0 saturated carbocycles. The quantitative estimate of drug-likeness (QED) is 0.0481. The average molecular weight is 632 g/mol. The normalized spacial score (nSPS) is 13.4. The summed E-state index contributed by atoms with van der Waals surface area (Å²) in [4.78, 5) is 12.3. The first-order valence-corrected chi connectivity index (χ1v) is 19.7. The number of hydrogen-bond acceptors (Lipinski definition) is 3. The molecule has 1 amide bonds. The van der Waals surface area contributed by atoms with Gasteiger partial charge in [-0.2, -0.15) is 0 Å². The molecule has 0 aliphatic carbocycles. The third-order valence-electron chi connectivity index (χ3n) is 8.87. The lowest BCUT2D eigenvalue weighted by molar-refractivity contribution is -0.123. The van der Waals surface area contributed by atoms with E-state index in [1.165, 1.54) is 135 Å². The fourth-order valence-electron chi connectivity index (χ4n) is 5.80. The zero-order valence-electron chi connectivity index (χ0n) is 30.1. The van der Waals surface area contributed by atoms with Crippen molar-refractivity contribution in [3.05, 3.63) is 36.5 Å². The molecular formula is C41H77NO3. The molecule has 45 heavy (non-hydrogen) atoms. The van der Waals surface area contributed by atoms with Crippen LogP contribution in [0.2, 0.25) is 0 Å².